The molecule has 1 aromatic heterocycles. The molecule has 0 aliphatic carbocycles. The summed E-state index contributed by atoms with van der Waals surface area (Å²) in [6.45, 7) is 2.58. The lowest BCUT2D eigenvalue weighted by Gasteiger charge is -2.20. The molecular formula is C21H25FN4O2S. The van der Waals surface area contributed by atoms with E-state index in [-0.39, 0.29) is 11.9 Å². The normalized spacial score (nSPS) is 12.2. The highest BCUT2D eigenvalue weighted by Crippen LogP contribution is 2.27. The monoisotopic (exact) mass is 416 g/mol. The van der Waals surface area contributed by atoms with Gasteiger partial charge in [0.25, 0.3) is 0 Å². The van der Waals surface area contributed by atoms with Crippen molar-refractivity contribution in [3.05, 3.63) is 60.2 Å². The van der Waals surface area contributed by atoms with Crippen LogP contribution < -0.4 is 9.47 Å². The van der Waals surface area contributed by atoms with Gasteiger partial charge >= 0.3 is 0 Å². The van der Waals surface area contributed by atoms with E-state index in [1.165, 1.54) is 12.1 Å². The zero-order valence-corrected chi connectivity index (χ0v) is 17.8. The highest BCUT2D eigenvalue weighted by molar-refractivity contribution is 7.99. The van der Waals surface area contributed by atoms with Crippen LogP contribution >= 0.6 is 11.8 Å². The first kappa shape index (κ1) is 21.1. The number of halogens is 1. The Morgan fingerprint density at radius 1 is 1.03 bits per heavy atom. The van der Waals surface area contributed by atoms with Crippen molar-refractivity contribution < 1.29 is 13.9 Å². The van der Waals surface area contributed by atoms with Crippen LogP contribution in [0, 0.1) is 5.82 Å². The van der Waals surface area contributed by atoms with Crippen LogP contribution in [-0.4, -0.2) is 53.2 Å². The maximum absolute atomic E-state index is 13.4. The Morgan fingerprint density at radius 3 is 2.31 bits per heavy atom. The van der Waals surface area contributed by atoms with Crippen molar-refractivity contribution in [2.45, 2.75) is 18.1 Å². The Labute approximate surface area is 174 Å². The molecule has 0 aliphatic rings. The highest BCUT2D eigenvalue weighted by Gasteiger charge is 2.21. The molecule has 2 aromatic carbocycles. The van der Waals surface area contributed by atoms with E-state index in [1.807, 2.05) is 42.9 Å². The summed E-state index contributed by atoms with van der Waals surface area (Å²) in [5, 5.41) is 9.51. The van der Waals surface area contributed by atoms with Gasteiger partial charge in [0.15, 0.2) is 11.0 Å². The summed E-state index contributed by atoms with van der Waals surface area (Å²) in [6.07, 6.45) is 0. The highest BCUT2D eigenvalue weighted by atomic mass is 32.2. The van der Waals surface area contributed by atoms with Gasteiger partial charge < -0.3 is 9.47 Å². The number of hydrogen-bond donors (Lipinski definition) is 0. The van der Waals surface area contributed by atoms with Gasteiger partial charge in [0.1, 0.15) is 17.3 Å². The molecule has 6 nitrogen and oxygen atoms in total. The molecular weight excluding hydrogens is 391 g/mol. The number of hydrogen-bond acceptors (Lipinski definition) is 6. The molecule has 3 rings (SSSR count). The average Bonchev–Trinajstić information content (AvgIpc) is 3.15. The van der Waals surface area contributed by atoms with Crippen molar-refractivity contribution in [3.63, 3.8) is 0 Å². The molecule has 0 bridgehead atoms. The van der Waals surface area contributed by atoms with E-state index < -0.39 is 0 Å². The quantitative estimate of drug-likeness (QED) is 0.385. The molecule has 0 radical (unpaired) electrons. The third kappa shape index (κ3) is 5.27. The Morgan fingerprint density at radius 2 is 1.69 bits per heavy atom. The Balaban J connectivity index is 1.71. The van der Waals surface area contributed by atoms with Gasteiger partial charge in [-0.3, -0.25) is 9.47 Å². The SMILES string of the molecule is COc1ccc(OCCSc2nnc(C(C)N(C)C)n2-c2ccc(F)cc2)cc1. The molecule has 0 saturated carbocycles. The molecule has 3 aromatic rings. The van der Waals surface area contributed by atoms with Crippen LogP contribution in [0.5, 0.6) is 11.5 Å². The summed E-state index contributed by atoms with van der Waals surface area (Å²) in [5.74, 6) is 2.81. The number of benzene rings is 2. The van der Waals surface area contributed by atoms with Gasteiger partial charge in [-0.15, -0.1) is 10.2 Å². The predicted molar refractivity (Wildman–Crippen MR) is 113 cm³/mol. The number of aromatic nitrogens is 3. The van der Waals surface area contributed by atoms with E-state index in [0.717, 1.165) is 28.2 Å². The molecule has 0 fully saturated rings. The molecule has 1 atom stereocenters. The van der Waals surface area contributed by atoms with Crippen molar-refractivity contribution in [2.24, 2.45) is 0 Å². The van der Waals surface area contributed by atoms with E-state index in [2.05, 4.69) is 22.0 Å². The molecule has 154 valence electrons. The fraction of sp³-hybridized carbons (Fsp3) is 0.333. The van der Waals surface area contributed by atoms with Crippen molar-refractivity contribution in [1.82, 2.24) is 19.7 Å². The number of thioether (sulfide) groups is 1. The van der Waals surface area contributed by atoms with Crippen LogP contribution in [-0.2, 0) is 0 Å². The van der Waals surface area contributed by atoms with Gasteiger partial charge in [0, 0.05) is 11.4 Å². The minimum absolute atomic E-state index is 0.0532. The molecule has 0 saturated heterocycles. The molecule has 1 heterocycles. The molecule has 0 N–H and O–H groups in total. The molecule has 8 heteroatoms. The molecule has 0 amide bonds. The fourth-order valence-corrected chi connectivity index (χ4v) is 3.45. The van der Waals surface area contributed by atoms with Gasteiger partial charge in [0.2, 0.25) is 0 Å². The van der Waals surface area contributed by atoms with Gasteiger partial charge in [-0.05, 0) is 69.6 Å². The van der Waals surface area contributed by atoms with Crippen molar-refractivity contribution in [2.75, 3.05) is 33.6 Å². The zero-order chi connectivity index (χ0) is 20.8. The second-order valence-corrected chi connectivity index (χ2v) is 7.73. The van der Waals surface area contributed by atoms with E-state index >= 15 is 0 Å². The summed E-state index contributed by atoms with van der Waals surface area (Å²) >= 11 is 1.55. The third-order valence-corrected chi connectivity index (χ3v) is 5.43. The maximum Gasteiger partial charge on any atom is 0.196 e. The minimum atomic E-state index is -0.272. The van der Waals surface area contributed by atoms with Crippen molar-refractivity contribution in [3.8, 4) is 17.2 Å². The Bertz CT molecular complexity index is 913. The number of rotatable bonds is 9. The van der Waals surface area contributed by atoms with Crippen LogP contribution in [0.2, 0.25) is 0 Å². The minimum Gasteiger partial charge on any atom is -0.497 e. The van der Waals surface area contributed by atoms with E-state index in [4.69, 9.17) is 9.47 Å². The van der Waals surface area contributed by atoms with E-state index in [1.54, 1.807) is 31.0 Å². The number of nitrogens with zero attached hydrogens (tertiary/aromatic N) is 4. The summed E-state index contributed by atoms with van der Waals surface area (Å²) < 4.78 is 26.3. The van der Waals surface area contributed by atoms with E-state index in [0.29, 0.717) is 12.4 Å². The number of methoxy groups -OCH3 is 1. The topological polar surface area (TPSA) is 52.4 Å². The van der Waals surface area contributed by atoms with Gasteiger partial charge in [-0.25, -0.2) is 4.39 Å². The average molecular weight is 417 g/mol. The lowest BCUT2D eigenvalue weighted by Crippen LogP contribution is -2.20. The smallest absolute Gasteiger partial charge is 0.196 e. The summed E-state index contributed by atoms with van der Waals surface area (Å²) in [4.78, 5) is 2.06. The van der Waals surface area contributed by atoms with Gasteiger partial charge in [-0.2, -0.15) is 0 Å². The van der Waals surface area contributed by atoms with Crippen molar-refractivity contribution in [1.29, 1.82) is 0 Å². The summed E-state index contributed by atoms with van der Waals surface area (Å²) in [7, 11) is 5.61. The van der Waals surface area contributed by atoms with Gasteiger partial charge in [-0.1, -0.05) is 11.8 Å². The maximum atomic E-state index is 13.4. The lowest BCUT2D eigenvalue weighted by molar-refractivity contribution is 0.305. The molecule has 1 unspecified atom stereocenters. The first-order chi connectivity index (χ1) is 14.0. The predicted octanol–water partition coefficient (Wildman–Crippen LogP) is 4.21. The van der Waals surface area contributed by atoms with E-state index in [9.17, 15) is 4.39 Å². The molecule has 0 spiro atoms. The second-order valence-electron chi connectivity index (χ2n) is 6.66. The van der Waals surface area contributed by atoms with Crippen LogP contribution in [0.15, 0.2) is 53.7 Å². The Hall–Kier alpha value is -2.58. The van der Waals surface area contributed by atoms with Crippen LogP contribution in [0.4, 0.5) is 4.39 Å². The third-order valence-electron chi connectivity index (χ3n) is 4.53. The van der Waals surface area contributed by atoms with Crippen LogP contribution in [0.3, 0.4) is 0 Å². The largest absolute Gasteiger partial charge is 0.497 e. The fourth-order valence-electron chi connectivity index (χ4n) is 2.67. The zero-order valence-electron chi connectivity index (χ0n) is 17.0. The first-order valence-electron chi connectivity index (χ1n) is 9.27. The van der Waals surface area contributed by atoms with Crippen molar-refractivity contribution >= 4 is 11.8 Å². The summed E-state index contributed by atoms with van der Waals surface area (Å²) in [5.41, 5.74) is 0.832. The summed E-state index contributed by atoms with van der Waals surface area (Å²) in [6, 6.07) is 13.9. The van der Waals surface area contributed by atoms with Crippen LogP contribution in [0.1, 0.15) is 18.8 Å². The molecule has 0 aliphatic heterocycles. The molecule has 29 heavy (non-hydrogen) atoms. The van der Waals surface area contributed by atoms with Crippen LogP contribution in [0.25, 0.3) is 5.69 Å². The van der Waals surface area contributed by atoms with Gasteiger partial charge in [0.05, 0.1) is 19.8 Å². The standard InChI is InChI=1S/C21H25FN4O2S/c1-15(25(2)3)20-23-24-21(26(20)17-7-5-16(22)6-8-17)29-14-13-28-19-11-9-18(27-4)10-12-19/h5-12,15H,13-14H2,1-4H3. The lowest BCUT2D eigenvalue weighted by atomic mass is 10.2. The number of ether oxygens (including phenoxy) is 2. The Kier molecular flexibility index (Phi) is 7.11. The first-order valence-corrected chi connectivity index (χ1v) is 10.3. The second kappa shape index (κ2) is 9.76.